The minimum absolute atomic E-state index is 0.119. The van der Waals surface area contributed by atoms with E-state index in [2.05, 4.69) is 6.58 Å². The molecule has 1 aliphatic rings. The molecule has 0 saturated carbocycles. The first-order valence-corrected chi connectivity index (χ1v) is 6.39. The zero-order chi connectivity index (χ0) is 13.6. The number of ether oxygens (including phenoxy) is 1. The molecule has 0 bridgehead atoms. The third-order valence-electron chi connectivity index (χ3n) is 3.12. The highest BCUT2D eigenvalue weighted by Crippen LogP contribution is 2.28. The van der Waals surface area contributed by atoms with Crippen LogP contribution in [0.3, 0.4) is 0 Å². The quantitative estimate of drug-likeness (QED) is 0.582. The highest BCUT2D eigenvalue weighted by molar-refractivity contribution is 5.70. The zero-order valence-electron chi connectivity index (χ0n) is 11.2. The number of rotatable bonds is 6. The molecule has 0 saturated heterocycles. The fourth-order valence-corrected chi connectivity index (χ4v) is 2.04. The Balaban J connectivity index is 2.55. The van der Waals surface area contributed by atoms with Crippen molar-refractivity contribution in [2.45, 2.75) is 38.7 Å². The van der Waals surface area contributed by atoms with Crippen molar-refractivity contribution in [1.29, 1.82) is 0 Å². The SMILES string of the molecule is C=CCC1(O)C=CC(C(C)CC(=O)OCC)=CC1. The van der Waals surface area contributed by atoms with Gasteiger partial charge in [0.05, 0.1) is 18.6 Å². The lowest BCUT2D eigenvalue weighted by atomic mass is 9.85. The summed E-state index contributed by atoms with van der Waals surface area (Å²) in [4.78, 5) is 11.4. The number of carbonyl (C=O) groups excluding carboxylic acids is 1. The molecule has 2 unspecified atom stereocenters. The predicted octanol–water partition coefficient (Wildman–Crippen LogP) is 2.77. The second kappa shape index (κ2) is 6.55. The van der Waals surface area contributed by atoms with Gasteiger partial charge in [0, 0.05) is 0 Å². The van der Waals surface area contributed by atoms with Crippen molar-refractivity contribution in [1.82, 2.24) is 0 Å². The van der Waals surface area contributed by atoms with Crippen molar-refractivity contribution in [3.05, 3.63) is 36.5 Å². The molecule has 0 heterocycles. The molecule has 0 fully saturated rings. The summed E-state index contributed by atoms with van der Waals surface area (Å²) in [6.07, 6.45) is 8.89. The van der Waals surface area contributed by atoms with Gasteiger partial charge in [0.15, 0.2) is 0 Å². The highest BCUT2D eigenvalue weighted by Gasteiger charge is 2.25. The van der Waals surface area contributed by atoms with E-state index in [1.54, 1.807) is 19.1 Å². The van der Waals surface area contributed by atoms with Crippen molar-refractivity contribution in [2.24, 2.45) is 5.92 Å². The summed E-state index contributed by atoms with van der Waals surface area (Å²) >= 11 is 0. The Morgan fingerprint density at radius 2 is 2.44 bits per heavy atom. The van der Waals surface area contributed by atoms with Crippen molar-refractivity contribution in [2.75, 3.05) is 6.61 Å². The fourth-order valence-electron chi connectivity index (χ4n) is 2.04. The molecule has 100 valence electrons. The van der Waals surface area contributed by atoms with Gasteiger partial charge in [-0.25, -0.2) is 0 Å². The van der Waals surface area contributed by atoms with Gasteiger partial charge < -0.3 is 9.84 Å². The van der Waals surface area contributed by atoms with Crippen LogP contribution >= 0.6 is 0 Å². The maximum absolute atomic E-state index is 11.4. The molecule has 1 rings (SSSR count). The van der Waals surface area contributed by atoms with Gasteiger partial charge >= 0.3 is 5.97 Å². The van der Waals surface area contributed by atoms with E-state index in [1.807, 2.05) is 19.1 Å². The lowest BCUT2D eigenvalue weighted by Crippen LogP contribution is -2.26. The van der Waals surface area contributed by atoms with Crippen LogP contribution in [0.25, 0.3) is 0 Å². The summed E-state index contributed by atoms with van der Waals surface area (Å²) in [6, 6.07) is 0. The summed E-state index contributed by atoms with van der Waals surface area (Å²) < 4.78 is 4.93. The van der Waals surface area contributed by atoms with Crippen LogP contribution in [0.15, 0.2) is 36.5 Å². The first-order chi connectivity index (χ1) is 8.50. The van der Waals surface area contributed by atoms with Gasteiger partial charge in [-0.1, -0.05) is 31.2 Å². The van der Waals surface area contributed by atoms with E-state index >= 15 is 0 Å². The Morgan fingerprint density at radius 3 is 2.94 bits per heavy atom. The number of hydrogen-bond donors (Lipinski definition) is 1. The largest absolute Gasteiger partial charge is 0.466 e. The standard InChI is InChI=1S/C15H22O3/c1-4-8-15(17)9-6-13(7-10-15)12(3)11-14(16)18-5-2/h4,6-7,9,12,17H,1,5,8,10-11H2,2-3H3. The van der Waals surface area contributed by atoms with Crippen LogP contribution in [0.5, 0.6) is 0 Å². The van der Waals surface area contributed by atoms with Gasteiger partial charge in [-0.3, -0.25) is 4.79 Å². The maximum Gasteiger partial charge on any atom is 0.306 e. The Kier molecular flexibility index (Phi) is 5.35. The number of aliphatic hydroxyl groups is 1. The lowest BCUT2D eigenvalue weighted by Gasteiger charge is -2.26. The van der Waals surface area contributed by atoms with E-state index in [4.69, 9.17) is 4.74 Å². The van der Waals surface area contributed by atoms with Crippen LogP contribution in [0.2, 0.25) is 0 Å². The van der Waals surface area contributed by atoms with Crippen molar-refractivity contribution >= 4 is 5.97 Å². The van der Waals surface area contributed by atoms with E-state index in [-0.39, 0.29) is 11.9 Å². The van der Waals surface area contributed by atoms with Gasteiger partial charge in [0.1, 0.15) is 0 Å². The summed E-state index contributed by atoms with van der Waals surface area (Å²) in [6.45, 7) is 7.85. The van der Waals surface area contributed by atoms with Crippen molar-refractivity contribution < 1.29 is 14.6 Å². The Morgan fingerprint density at radius 1 is 1.72 bits per heavy atom. The molecular weight excluding hydrogens is 228 g/mol. The number of carbonyl (C=O) groups is 1. The smallest absolute Gasteiger partial charge is 0.306 e. The average molecular weight is 250 g/mol. The molecule has 18 heavy (non-hydrogen) atoms. The maximum atomic E-state index is 11.4. The predicted molar refractivity (Wildman–Crippen MR) is 72.0 cm³/mol. The Labute approximate surface area is 109 Å². The number of allylic oxidation sites excluding steroid dienone is 2. The minimum Gasteiger partial charge on any atom is -0.466 e. The molecule has 0 amide bonds. The van der Waals surface area contributed by atoms with Gasteiger partial charge in [0.25, 0.3) is 0 Å². The molecule has 0 aromatic rings. The molecule has 0 radical (unpaired) electrons. The lowest BCUT2D eigenvalue weighted by molar-refractivity contribution is -0.143. The molecule has 0 aliphatic heterocycles. The van der Waals surface area contributed by atoms with Gasteiger partial charge in [-0.05, 0) is 31.3 Å². The molecule has 0 spiro atoms. The second-order valence-electron chi connectivity index (χ2n) is 4.75. The van der Waals surface area contributed by atoms with E-state index in [0.717, 1.165) is 5.57 Å². The number of hydrogen-bond acceptors (Lipinski definition) is 3. The molecule has 0 aromatic heterocycles. The van der Waals surface area contributed by atoms with E-state index in [9.17, 15) is 9.90 Å². The van der Waals surface area contributed by atoms with Crippen LogP contribution in [0, 0.1) is 5.92 Å². The summed E-state index contributed by atoms with van der Waals surface area (Å²) in [5.41, 5.74) is 0.270. The van der Waals surface area contributed by atoms with E-state index in [1.165, 1.54) is 0 Å². The normalized spacial score (nSPS) is 24.3. The van der Waals surface area contributed by atoms with Crippen LogP contribution in [0.4, 0.5) is 0 Å². The minimum atomic E-state index is -0.811. The molecule has 2 atom stereocenters. The van der Waals surface area contributed by atoms with Crippen LogP contribution in [-0.2, 0) is 9.53 Å². The third-order valence-corrected chi connectivity index (χ3v) is 3.12. The van der Waals surface area contributed by atoms with Gasteiger partial charge in [-0.2, -0.15) is 0 Å². The molecule has 3 nitrogen and oxygen atoms in total. The number of esters is 1. The topological polar surface area (TPSA) is 46.5 Å². The molecule has 3 heteroatoms. The monoisotopic (exact) mass is 250 g/mol. The van der Waals surface area contributed by atoms with Crippen LogP contribution < -0.4 is 0 Å². The van der Waals surface area contributed by atoms with E-state index in [0.29, 0.717) is 25.9 Å². The van der Waals surface area contributed by atoms with Crippen LogP contribution in [0.1, 0.15) is 33.1 Å². The first-order valence-electron chi connectivity index (χ1n) is 6.39. The average Bonchev–Trinajstić information content (AvgIpc) is 2.30. The Bertz CT molecular complexity index is 368. The van der Waals surface area contributed by atoms with Gasteiger partial charge in [-0.15, -0.1) is 6.58 Å². The Hall–Kier alpha value is -1.35. The second-order valence-corrected chi connectivity index (χ2v) is 4.75. The zero-order valence-corrected chi connectivity index (χ0v) is 11.2. The first kappa shape index (κ1) is 14.7. The fraction of sp³-hybridized carbons (Fsp3) is 0.533. The van der Waals surface area contributed by atoms with Gasteiger partial charge in [0.2, 0.25) is 0 Å². The highest BCUT2D eigenvalue weighted by atomic mass is 16.5. The molecule has 1 N–H and O–H groups in total. The summed E-state index contributed by atoms with van der Waals surface area (Å²) in [5.74, 6) is -0.0557. The van der Waals surface area contributed by atoms with Crippen LogP contribution in [-0.4, -0.2) is 23.3 Å². The molecular formula is C15H22O3. The summed E-state index contributed by atoms with van der Waals surface area (Å²) in [5, 5.41) is 10.1. The van der Waals surface area contributed by atoms with Crippen molar-refractivity contribution in [3.8, 4) is 0 Å². The molecule has 1 aliphatic carbocycles. The van der Waals surface area contributed by atoms with Crippen molar-refractivity contribution in [3.63, 3.8) is 0 Å². The summed E-state index contributed by atoms with van der Waals surface area (Å²) in [7, 11) is 0. The molecule has 0 aromatic carbocycles. The third kappa shape index (κ3) is 4.15. The van der Waals surface area contributed by atoms with E-state index < -0.39 is 5.60 Å².